The second kappa shape index (κ2) is 73.8. The molecule has 0 amide bonds. The number of carbonyl (C=O) groups excluding carboxylic acids is 4. The van der Waals surface area contributed by atoms with Gasteiger partial charge < -0.3 is 33.8 Å². The summed E-state index contributed by atoms with van der Waals surface area (Å²) in [7, 11) is -9.95. The van der Waals surface area contributed by atoms with Gasteiger partial charge in [0, 0.05) is 25.7 Å². The molecule has 0 aromatic carbocycles. The lowest BCUT2D eigenvalue weighted by molar-refractivity contribution is -0.161. The molecule has 0 aliphatic heterocycles. The Bertz CT molecular complexity index is 2180. The molecule has 0 rings (SSSR count). The highest BCUT2D eigenvalue weighted by Gasteiger charge is 2.30. The monoisotopic (exact) mass is 1450 g/mol. The minimum absolute atomic E-state index is 0.0864. The second-order valence-electron chi connectivity index (χ2n) is 27.0. The molecule has 0 saturated heterocycles. The number of esters is 4. The van der Waals surface area contributed by atoms with Crippen molar-refractivity contribution in [1.29, 1.82) is 0 Å². The predicted octanol–water partition coefficient (Wildman–Crippen LogP) is 23.2. The Balaban J connectivity index is 5.35. The van der Waals surface area contributed by atoms with Crippen LogP contribution in [0.1, 0.15) is 362 Å². The van der Waals surface area contributed by atoms with Crippen molar-refractivity contribution in [3.63, 3.8) is 0 Å². The van der Waals surface area contributed by atoms with Crippen LogP contribution in [0.5, 0.6) is 0 Å². The number of carbonyl (C=O) groups is 4. The molecule has 0 aromatic heterocycles. The van der Waals surface area contributed by atoms with Crippen LogP contribution < -0.4 is 0 Å². The predicted molar refractivity (Wildman–Crippen MR) is 409 cm³/mol. The van der Waals surface area contributed by atoms with Gasteiger partial charge in [0.25, 0.3) is 0 Å². The maximum absolute atomic E-state index is 13.1. The van der Waals surface area contributed by atoms with Crippen molar-refractivity contribution in [1.82, 2.24) is 0 Å². The number of aliphatic hydroxyl groups excluding tert-OH is 1. The molecule has 5 atom stereocenters. The van der Waals surface area contributed by atoms with Crippen LogP contribution in [-0.4, -0.2) is 96.7 Å². The van der Waals surface area contributed by atoms with Gasteiger partial charge >= 0.3 is 39.5 Å². The van der Waals surface area contributed by atoms with Crippen LogP contribution in [0.4, 0.5) is 0 Å². The van der Waals surface area contributed by atoms with Crippen LogP contribution in [0.25, 0.3) is 0 Å². The van der Waals surface area contributed by atoms with Gasteiger partial charge in [0.15, 0.2) is 12.2 Å². The zero-order valence-electron chi connectivity index (χ0n) is 63.6. The highest BCUT2D eigenvalue weighted by molar-refractivity contribution is 7.47. The smallest absolute Gasteiger partial charge is 0.462 e. The van der Waals surface area contributed by atoms with E-state index in [2.05, 4.69) is 101 Å². The van der Waals surface area contributed by atoms with E-state index in [0.717, 1.165) is 154 Å². The number of rotatable bonds is 76. The topological polar surface area (TPSA) is 237 Å². The highest BCUT2D eigenvalue weighted by Crippen LogP contribution is 2.45. The summed E-state index contributed by atoms with van der Waals surface area (Å²) in [6.07, 6.45) is 74.5. The molecular weight excluding hydrogens is 1310 g/mol. The van der Waals surface area contributed by atoms with Crippen LogP contribution in [0.3, 0.4) is 0 Å². The molecule has 0 bridgehead atoms. The average molecular weight is 1450 g/mol. The van der Waals surface area contributed by atoms with E-state index in [1.807, 2.05) is 0 Å². The van der Waals surface area contributed by atoms with Crippen LogP contribution in [-0.2, 0) is 65.4 Å². The van der Waals surface area contributed by atoms with Crippen molar-refractivity contribution in [3.05, 3.63) is 72.9 Å². The van der Waals surface area contributed by atoms with Crippen LogP contribution >= 0.6 is 15.6 Å². The number of hydrogen-bond acceptors (Lipinski definition) is 15. The van der Waals surface area contributed by atoms with Gasteiger partial charge in [-0.15, -0.1) is 0 Å². The van der Waals surface area contributed by atoms with Crippen LogP contribution in [0, 0.1) is 0 Å². The van der Waals surface area contributed by atoms with Gasteiger partial charge in [-0.2, -0.15) is 0 Å². The van der Waals surface area contributed by atoms with Gasteiger partial charge in [-0.1, -0.05) is 293 Å². The van der Waals surface area contributed by atoms with E-state index in [-0.39, 0.29) is 25.7 Å². The summed E-state index contributed by atoms with van der Waals surface area (Å²) in [5.41, 5.74) is 0. The summed E-state index contributed by atoms with van der Waals surface area (Å²) in [4.78, 5) is 73.0. The average Bonchev–Trinajstić information content (AvgIpc) is 1.06. The quantitative estimate of drug-likeness (QED) is 0.0169. The third kappa shape index (κ3) is 72.8. The van der Waals surface area contributed by atoms with Crippen LogP contribution in [0.15, 0.2) is 72.9 Å². The van der Waals surface area contributed by atoms with Crippen molar-refractivity contribution in [3.8, 4) is 0 Å². The van der Waals surface area contributed by atoms with Crippen molar-refractivity contribution in [2.75, 3.05) is 39.6 Å². The maximum atomic E-state index is 13.1. The summed E-state index contributed by atoms with van der Waals surface area (Å²) < 4.78 is 68.6. The number of aliphatic hydroxyl groups is 1. The van der Waals surface area contributed by atoms with E-state index in [1.54, 1.807) is 0 Å². The molecule has 0 aliphatic rings. The van der Waals surface area contributed by atoms with E-state index in [0.29, 0.717) is 25.7 Å². The molecule has 582 valence electrons. The third-order valence-electron chi connectivity index (χ3n) is 17.2. The fraction of sp³-hybridized carbons (Fsp3) is 0.802. The van der Waals surface area contributed by atoms with Gasteiger partial charge in [-0.25, -0.2) is 9.13 Å². The molecule has 3 N–H and O–H groups in total. The zero-order chi connectivity index (χ0) is 73.2. The van der Waals surface area contributed by atoms with Crippen molar-refractivity contribution in [2.45, 2.75) is 380 Å². The molecule has 0 aromatic rings. The molecule has 0 fully saturated rings. The Labute approximate surface area is 609 Å². The highest BCUT2D eigenvalue weighted by atomic mass is 31.2. The van der Waals surface area contributed by atoms with E-state index in [9.17, 15) is 43.2 Å². The number of ether oxygens (including phenoxy) is 4. The third-order valence-corrected chi connectivity index (χ3v) is 19.1. The summed E-state index contributed by atoms with van der Waals surface area (Å²) in [5, 5.41) is 10.6. The number of unbranched alkanes of at least 4 members (excludes halogenated alkanes) is 38. The van der Waals surface area contributed by atoms with Crippen LogP contribution in [0.2, 0.25) is 0 Å². The Hall–Kier alpha value is -3.50. The maximum Gasteiger partial charge on any atom is 0.472 e. The lowest BCUT2D eigenvalue weighted by Gasteiger charge is -2.21. The number of allylic oxidation sites excluding steroid dienone is 12. The first-order chi connectivity index (χ1) is 48.7. The van der Waals surface area contributed by atoms with E-state index < -0.39 is 97.5 Å². The first-order valence-corrected chi connectivity index (χ1v) is 43.2. The summed E-state index contributed by atoms with van der Waals surface area (Å²) >= 11 is 0. The number of hydrogen-bond donors (Lipinski definition) is 3. The Morgan fingerprint density at radius 1 is 0.290 bits per heavy atom. The molecule has 0 saturated carbocycles. The lowest BCUT2D eigenvalue weighted by Crippen LogP contribution is -2.30. The first kappa shape index (κ1) is 96.5. The van der Waals surface area contributed by atoms with E-state index in [1.165, 1.54) is 128 Å². The van der Waals surface area contributed by atoms with E-state index in [4.69, 9.17) is 37.0 Å². The molecule has 19 heteroatoms. The zero-order valence-corrected chi connectivity index (χ0v) is 65.4. The van der Waals surface area contributed by atoms with Crippen molar-refractivity contribution >= 4 is 39.5 Å². The Morgan fingerprint density at radius 2 is 0.520 bits per heavy atom. The summed E-state index contributed by atoms with van der Waals surface area (Å²) in [6, 6.07) is 0. The second-order valence-corrected chi connectivity index (χ2v) is 29.9. The fourth-order valence-corrected chi connectivity index (χ4v) is 12.6. The van der Waals surface area contributed by atoms with E-state index >= 15 is 0 Å². The number of phosphoric acid groups is 2. The van der Waals surface area contributed by atoms with Gasteiger partial charge in [0.05, 0.1) is 26.4 Å². The largest absolute Gasteiger partial charge is 0.472 e. The fourth-order valence-electron chi connectivity index (χ4n) is 11.0. The van der Waals surface area contributed by atoms with Gasteiger partial charge in [-0.05, 0) is 116 Å². The molecule has 0 spiro atoms. The molecular formula is C81H146O17P2. The normalized spacial score (nSPS) is 14.3. The summed E-state index contributed by atoms with van der Waals surface area (Å²) in [5.74, 6) is -2.19. The molecule has 0 aliphatic carbocycles. The first-order valence-electron chi connectivity index (χ1n) is 40.2. The molecule has 5 unspecified atom stereocenters. The summed E-state index contributed by atoms with van der Waals surface area (Å²) in [6.45, 7) is 4.76. The SMILES string of the molecule is CC/C=C\C/C=C\C/C=C\C/C=C\CCCCCCC(=O)OCC(COP(=O)(O)OCC(O)COP(=O)(O)OCC(COC(=O)CCCCCCC/C=C\CCCCCCCC)OC(=O)CCCCCCC/C=C\CCCCCC)OC(=O)CCCCCCCCCCCCCCCCC. The van der Waals surface area contributed by atoms with Gasteiger partial charge in [-0.3, -0.25) is 37.3 Å². The van der Waals surface area contributed by atoms with Crippen molar-refractivity contribution in [2.24, 2.45) is 0 Å². The molecule has 0 radical (unpaired) electrons. The minimum atomic E-state index is -4.98. The molecule has 17 nitrogen and oxygen atoms in total. The van der Waals surface area contributed by atoms with Gasteiger partial charge in [0.2, 0.25) is 0 Å². The Kier molecular flexibility index (Phi) is 71.2. The van der Waals surface area contributed by atoms with Gasteiger partial charge in [0.1, 0.15) is 19.3 Å². The lowest BCUT2D eigenvalue weighted by atomic mass is 10.0. The number of phosphoric ester groups is 2. The molecule has 100 heavy (non-hydrogen) atoms. The molecule has 0 heterocycles. The Morgan fingerprint density at radius 3 is 0.820 bits per heavy atom. The standard InChI is InChI=1S/C81H146O17P2/c1-5-9-13-17-21-25-29-33-36-37-40-43-46-50-54-58-62-66-79(84)92-72-77(98-81(86)68-64-60-56-52-48-44-39-35-31-27-23-19-15-11-7-3)74-96-100(89,90)94-70-75(82)69-93-99(87,88)95-73-76(97-80(85)67-63-59-55-51-47-41-32-28-24-20-16-12-8-4)71-91-78(83)65-61-57-53-49-45-42-38-34-30-26-22-18-14-10-6-2/h9,13,21,25,28,32-34,36,38,40,43,75-77,82H,5-8,10-12,14-20,22-24,26-27,29-31,35,37,39,41-42,44-74H2,1-4H3,(H,87,88)(H,89,90)/b13-9-,25-21-,32-28-,36-33-,38-34-,43-40-. The van der Waals surface area contributed by atoms with Crippen molar-refractivity contribution < 1.29 is 80.2 Å². The minimum Gasteiger partial charge on any atom is -0.462 e.